The minimum atomic E-state index is -4.68. The van der Waals surface area contributed by atoms with Gasteiger partial charge in [0.15, 0.2) is 0 Å². The number of hydrogen-bond donors (Lipinski definition) is 3. The number of aryl methyl sites for hydroxylation is 1. The Morgan fingerprint density at radius 3 is 2.07 bits per heavy atom. The molecular weight excluding hydrogens is 794 g/mol. The molecule has 0 spiro atoms. The number of methoxy groups -OCH3 is 3. The first kappa shape index (κ1) is 42.0. The van der Waals surface area contributed by atoms with E-state index in [4.69, 9.17) is 40.0 Å². The average molecular weight is 836 g/mol. The van der Waals surface area contributed by atoms with E-state index in [0.717, 1.165) is 0 Å². The van der Waals surface area contributed by atoms with E-state index in [1.807, 2.05) is 0 Å². The zero-order chi connectivity index (χ0) is 41.6. The summed E-state index contributed by atoms with van der Waals surface area (Å²) in [5.74, 6) is 0.797. The number of benzene rings is 2. The minimum Gasteiger partial charge on any atom is -0.496 e. The van der Waals surface area contributed by atoms with E-state index < -0.39 is 36.3 Å². The maximum absolute atomic E-state index is 14.7. The highest BCUT2D eigenvalue weighted by Gasteiger charge is 2.39. The van der Waals surface area contributed by atoms with Crippen molar-refractivity contribution in [3.63, 3.8) is 0 Å². The molecule has 3 N–H and O–H groups in total. The number of hydrogen-bond acceptors (Lipinski definition) is 14. The SMILES string of the molecule is CNc1nc(Nc2cc(C)c(C3COCCN3C(=O)N3CCOCC3c3cc(OC)c(Nc4ncc(Cl)c(OC)n4)cc3OC)cc2OCCF)ncc1C(F)(F)F. The summed E-state index contributed by atoms with van der Waals surface area (Å²) >= 11 is 6.11. The van der Waals surface area contributed by atoms with Crippen molar-refractivity contribution in [2.24, 2.45) is 0 Å². The maximum atomic E-state index is 14.7. The Balaban J connectivity index is 1.30. The second-order valence-electron chi connectivity index (χ2n) is 12.9. The van der Waals surface area contributed by atoms with E-state index >= 15 is 0 Å². The Morgan fingerprint density at radius 2 is 1.47 bits per heavy atom. The zero-order valence-corrected chi connectivity index (χ0v) is 33.0. The Morgan fingerprint density at radius 1 is 0.862 bits per heavy atom. The summed E-state index contributed by atoms with van der Waals surface area (Å²) in [6, 6.07) is 5.30. The number of anilines is 5. The fourth-order valence-corrected chi connectivity index (χ4v) is 6.86. The molecule has 0 aliphatic carbocycles. The molecule has 2 aromatic heterocycles. The highest BCUT2D eigenvalue weighted by molar-refractivity contribution is 6.31. The lowest BCUT2D eigenvalue weighted by atomic mass is 9.97. The quantitative estimate of drug-likeness (QED) is 0.122. The molecule has 2 amide bonds. The Bertz CT molecular complexity index is 2100. The number of ether oxygens (including phenoxy) is 6. The van der Waals surface area contributed by atoms with Gasteiger partial charge in [-0.2, -0.15) is 23.1 Å². The summed E-state index contributed by atoms with van der Waals surface area (Å²) in [7, 11) is 5.77. The van der Waals surface area contributed by atoms with E-state index in [0.29, 0.717) is 40.1 Å². The number of nitrogens with one attached hydrogen (secondary N) is 3. The first-order chi connectivity index (χ1) is 27.9. The lowest BCUT2D eigenvalue weighted by Crippen LogP contribution is -2.53. The van der Waals surface area contributed by atoms with Crippen LogP contribution in [0.2, 0.25) is 5.02 Å². The predicted molar refractivity (Wildman–Crippen MR) is 205 cm³/mol. The summed E-state index contributed by atoms with van der Waals surface area (Å²) in [6.07, 6.45) is -2.61. The highest BCUT2D eigenvalue weighted by atomic mass is 35.5. The van der Waals surface area contributed by atoms with Crippen LogP contribution in [0.5, 0.6) is 23.1 Å². The molecule has 0 bridgehead atoms. The van der Waals surface area contributed by atoms with E-state index in [1.54, 1.807) is 41.0 Å². The molecule has 0 saturated carbocycles. The van der Waals surface area contributed by atoms with Crippen LogP contribution >= 0.6 is 11.6 Å². The number of rotatable bonds is 13. The molecule has 312 valence electrons. The van der Waals surface area contributed by atoms with Crippen molar-refractivity contribution in [3.8, 4) is 23.1 Å². The van der Waals surface area contributed by atoms with Gasteiger partial charge in [-0.05, 0) is 36.2 Å². The molecule has 2 aliphatic rings. The molecule has 2 aliphatic heterocycles. The lowest BCUT2D eigenvalue weighted by Gasteiger charge is -2.43. The van der Waals surface area contributed by atoms with Gasteiger partial charge < -0.3 is 54.2 Å². The number of alkyl halides is 4. The number of nitrogens with zero attached hydrogens (tertiary/aromatic N) is 6. The monoisotopic (exact) mass is 835 g/mol. The fourth-order valence-electron chi connectivity index (χ4n) is 6.69. The van der Waals surface area contributed by atoms with Gasteiger partial charge in [0.25, 0.3) is 0 Å². The third kappa shape index (κ3) is 9.08. The van der Waals surface area contributed by atoms with Crippen molar-refractivity contribution >= 4 is 46.7 Å². The topological polar surface area (TPSA) is 167 Å². The molecule has 4 aromatic rings. The van der Waals surface area contributed by atoms with Gasteiger partial charge in [-0.1, -0.05) is 11.6 Å². The summed E-state index contributed by atoms with van der Waals surface area (Å²) in [4.78, 5) is 34.5. The van der Waals surface area contributed by atoms with E-state index in [-0.39, 0.29) is 86.4 Å². The number of amides is 2. The van der Waals surface area contributed by atoms with E-state index in [1.165, 1.54) is 34.6 Å². The van der Waals surface area contributed by atoms with Crippen LogP contribution in [0.3, 0.4) is 0 Å². The number of morpholine rings is 2. The van der Waals surface area contributed by atoms with Gasteiger partial charge in [-0.3, -0.25) is 0 Å². The Kier molecular flexibility index (Phi) is 13.3. The van der Waals surface area contributed by atoms with Crippen molar-refractivity contribution in [1.82, 2.24) is 29.7 Å². The molecule has 2 fully saturated rings. The average Bonchev–Trinajstić information content (AvgIpc) is 3.23. The van der Waals surface area contributed by atoms with E-state index in [2.05, 4.69) is 35.9 Å². The molecule has 58 heavy (non-hydrogen) atoms. The van der Waals surface area contributed by atoms with Crippen molar-refractivity contribution in [1.29, 1.82) is 0 Å². The van der Waals surface area contributed by atoms with Crippen LogP contribution in [0.4, 0.5) is 51.4 Å². The molecule has 4 heterocycles. The predicted octanol–water partition coefficient (Wildman–Crippen LogP) is 6.72. The van der Waals surface area contributed by atoms with Gasteiger partial charge in [0.2, 0.25) is 17.8 Å². The molecule has 2 atom stereocenters. The second kappa shape index (κ2) is 18.3. The smallest absolute Gasteiger partial charge is 0.421 e. The van der Waals surface area contributed by atoms with Crippen LogP contribution in [0.1, 0.15) is 34.3 Å². The number of halogens is 5. The number of urea groups is 1. The molecular formula is C37H42ClF4N9O7. The summed E-state index contributed by atoms with van der Waals surface area (Å²) in [5, 5.41) is 8.69. The van der Waals surface area contributed by atoms with Crippen LogP contribution in [-0.4, -0.2) is 117 Å². The molecule has 2 saturated heterocycles. The van der Waals surface area contributed by atoms with Crippen molar-refractivity contribution < 1.29 is 50.8 Å². The van der Waals surface area contributed by atoms with Gasteiger partial charge in [-0.25, -0.2) is 19.2 Å². The molecule has 2 unspecified atom stereocenters. The number of carbonyl (C=O) groups is 1. The summed E-state index contributed by atoms with van der Waals surface area (Å²) in [6.45, 7) is 2.04. The van der Waals surface area contributed by atoms with Crippen molar-refractivity contribution in [2.75, 3.05) is 97.1 Å². The third-order valence-electron chi connectivity index (χ3n) is 9.45. The summed E-state index contributed by atoms with van der Waals surface area (Å²) < 4.78 is 88.3. The lowest BCUT2D eigenvalue weighted by molar-refractivity contribution is -0.137. The summed E-state index contributed by atoms with van der Waals surface area (Å²) in [5.41, 5.74) is 1.67. The van der Waals surface area contributed by atoms with Gasteiger partial charge in [0.1, 0.15) is 46.9 Å². The van der Waals surface area contributed by atoms with Crippen LogP contribution in [0.15, 0.2) is 36.7 Å². The number of aromatic nitrogens is 4. The second-order valence-corrected chi connectivity index (χ2v) is 13.3. The maximum Gasteiger partial charge on any atom is 0.421 e. The van der Waals surface area contributed by atoms with Crippen molar-refractivity contribution in [3.05, 3.63) is 63.9 Å². The van der Waals surface area contributed by atoms with Crippen molar-refractivity contribution in [2.45, 2.75) is 25.2 Å². The molecule has 16 nitrogen and oxygen atoms in total. The Labute approximate surface area is 336 Å². The largest absolute Gasteiger partial charge is 0.496 e. The van der Waals surface area contributed by atoms with Gasteiger partial charge >= 0.3 is 12.2 Å². The van der Waals surface area contributed by atoms with Crippen LogP contribution in [0, 0.1) is 6.92 Å². The first-order valence-electron chi connectivity index (χ1n) is 17.9. The normalized spacial score (nSPS) is 17.1. The van der Waals surface area contributed by atoms with E-state index in [9.17, 15) is 22.4 Å². The van der Waals surface area contributed by atoms with Gasteiger partial charge in [0.05, 0.1) is 77.4 Å². The molecule has 2 aromatic carbocycles. The number of carbonyl (C=O) groups excluding carboxylic acids is 1. The minimum absolute atomic E-state index is 0.138. The zero-order valence-electron chi connectivity index (χ0n) is 32.2. The molecule has 6 rings (SSSR count). The van der Waals surface area contributed by atoms with Gasteiger partial charge in [-0.15, -0.1) is 0 Å². The van der Waals surface area contributed by atoms with Crippen LogP contribution in [-0.2, 0) is 15.7 Å². The standard InChI is InChI=1S/C37H42ClF4N9O7/c1-20-12-25(46-34-44-16-23(37(40,41)42)32(43-2)48-34)31(58-9-6-39)13-21(20)27-18-56-10-7-50(27)36(52)51-8-11-57-19-28(51)22-14-30(54-4)26(15-29(22)53-3)47-35-45-17-24(38)33(49-35)55-5/h12-17,27-28H,6-11,18-19H2,1-5H3,(H,45,47,49)(H2,43,44,46,48). The first-order valence-corrected chi connectivity index (χ1v) is 18.3. The Hall–Kier alpha value is -5.60. The van der Waals surface area contributed by atoms with Crippen LogP contribution < -0.4 is 34.9 Å². The highest BCUT2D eigenvalue weighted by Crippen LogP contribution is 2.42. The molecule has 0 radical (unpaired) electrons. The fraction of sp³-hybridized carbons (Fsp3) is 0.432. The van der Waals surface area contributed by atoms with Gasteiger partial charge in [0, 0.05) is 38.0 Å². The molecule has 21 heteroatoms. The third-order valence-corrected chi connectivity index (χ3v) is 9.71. The van der Waals surface area contributed by atoms with Crippen LogP contribution in [0.25, 0.3) is 0 Å².